The van der Waals surface area contributed by atoms with Crippen molar-refractivity contribution in [1.29, 1.82) is 0 Å². The van der Waals surface area contributed by atoms with Gasteiger partial charge in [0.1, 0.15) is 13.2 Å². The fourth-order valence-electron chi connectivity index (χ4n) is 2.87. The molecule has 0 saturated carbocycles. The molecule has 0 atom stereocenters. The highest BCUT2D eigenvalue weighted by Crippen LogP contribution is 2.32. The number of aromatic nitrogens is 1. The van der Waals surface area contributed by atoms with Gasteiger partial charge in [-0.2, -0.15) is 0 Å². The molecule has 26 heavy (non-hydrogen) atoms. The van der Waals surface area contributed by atoms with Crippen LogP contribution in [0.2, 0.25) is 0 Å². The minimum atomic E-state index is -0.217. The monoisotopic (exact) mass is 346 g/mol. The van der Waals surface area contributed by atoms with E-state index in [-0.39, 0.29) is 5.91 Å². The maximum absolute atomic E-state index is 12.5. The van der Waals surface area contributed by atoms with Crippen LogP contribution in [0, 0.1) is 6.92 Å². The summed E-state index contributed by atoms with van der Waals surface area (Å²) in [6, 6.07) is 17.0. The Balaban J connectivity index is 1.51. The smallest absolute Gasteiger partial charge is 0.257 e. The molecule has 130 valence electrons. The van der Waals surface area contributed by atoms with Crippen molar-refractivity contribution in [3.63, 3.8) is 0 Å². The maximum Gasteiger partial charge on any atom is 0.257 e. The van der Waals surface area contributed by atoms with Crippen LogP contribution in [-0.2, 0) is 0 Å². The summed E-state index contributed by atoms with van der Waals surface area (Å²) < 4.78 is 11.0. The number of aryl methyl sites for hydroxylation is 1. The van der Waals surface area contributed by atoms with E-state index < -0.39 is 0 Å². The van der Waals surface area contributed by atoms with Crippen LogP contribution in [0.25, 0.3) is 11.3 Å². The molecule has 0 spiro atoms. The molecule has 4 rings (SSSR count). The van der Waals surface area contributed by atoms with Crippen LogP contribution in [-0.4, -0.2) is 24.1 Å². The van der Waals surface area contributed by atoms with Crippen LogP contribution in [0.1, 0.15) is 15.9 Å². The van der Waals surface area contributed by atoms with Crippen LogP contribution in [0.5, 0.6) is 11.5 Å². The Kier molecular flexibility index (Phi) is 4.27. The van der Waals surface area contributed by atoms with Crippen molar-refractivity contribution in [3.05, 3.63) is 71.9 Å². The van der Waals surface area contributed by atoms with Gasteiger partial charge in [-0.05, 0) is 36.8 Å². The number of amides is 1. The minimum Gasteiger partial charge on any atom is -0.486 e. The summed E-state index contributed by atoms with van der Waals surface area (Å²) in [4.78, 5) is 16.9. The first-order chi connectivity index (χ1) is 12.7. The number of nitrogens with one attached hydrogen (secondary N) is 1. The number of ether oxygens (including phenoxy) is 2. The Morgan fingerprint density at radius 2 is 1.81 bits per heavy atom. The molecule has 2 aromatic carbocycles. The van der Waals surface area contributed by atoms with Gasteiger partial charge in [-0.15, -0.1) is 0 Å². The van der Waals surface area contributed by atoms with Gasteiger partial charge in [0, 0.05) is 23.5 Å². The van der Waals surface area contributed by atoms with E-state index in [1.54, 1.807) is 30.5 Å². The van der Waals surface area contributed by atoms with E-state index in [1.807, 2.05) is 37.3 Å². The average Bonchev–Trinajstić information content (AvgIpc) is 2.68. The van der Waals surface area contributed by atoms with E-state index in [1.165, 1.54) is 0 Å². The first kappa shape index (κ1) is 16.1. The van der Waals surface area contributed by atoms with Crippen LogP contribution in [0.3, 0.4) is 0 Å². The Morgan fingerprint density at radius 1 is 1.00 bits per heavy atom. The summed E-state index contributed by atoms with van der Waals surface area (Å²) in [6.45, 7) is 3.09. The number of anilines is 1. The van der Waals surface area contributed by atoms with E-state index >= 15 is 0 Å². The number of benzene rings is 2. The SMILES string of the molecule is Cc1ccccc1-c1ccc(C(=O)Nc2ccc3c(c2)OCCO3)cn1. The fourth-order valence-corrected chi connectivity index (χ4v) is 2.87. The van der Waals surface area contributed by atoms with Gasteiger partial charge in [0.05, 0.1) is 11.3 Å². The van der Waals surface area contributed by atoms with E-state index in [4.69, 9.17) is 9.47 Å². The van der Waals surface area contributed by atoms with Crippen molar-refractivity contribution in [2.24, 2.45) is 0 Å². The van der Waals surface area contributed by atoms with Crippen LogP contribution < -0.4 is 14.8 Å². The van der Waals surface area contributed by atoms with E-state index in [2.05, 4.69) is 10.3 Å². The number of hydrogen-bond donors (Lipinski definition) is 1. The summed E-state index contributed by atoms with van der Waals surface area (Å²) in [5.41, 5.74) is 4.21. The second-order valence-corrected chi connectivity index (χ2v) is 6.06. The zero-order valence-corrected chi connectivity index (χ0v) is 14.4. The number of carbonyl (C=O) groups is 1. The molecule has 1 amide bonds. The normalized spacial score (nSPS) is 12.5. The lowest BCUT2D eigenvalue weighted by atomic mass is 10.0. The number of carbonyl (C=O) groups excluding carboxylic acids is 1. The summed E-state index contributed by atoms with van der Waals surface area (Å²) in [6.07, 6.45) is 1.59. The lowest BCUT2D eigenvalue weighted by Crippen LogP contribution is -2.16. The predicted octanol–water partition coefficient (Wildman–Crippen LogP) is 4.08. The molecule has 5 nitrogen and oxygen atoms in total. The molecule has 1 aromatic heterocycles. The van der Waals surface area contributed by atoms with Gasteiger partial charge < -0.3 is 14.8 Å². The second kappa shape index (κ2) is 6.88. The Morgan fingerprint density at radius 3 is 2.58 bits per heavy atom. The van der Waals surface area contributed by atoms with Crippen molar-refractivity contribution < 1.29 is 14.3 Å². The third-order valence-corrected chi connectivity index (χ3v) is 4.25. The van der Waals surface area contributed by atoms with Gasteiger partial charge in [-0.25, -0.2) is 0 Å². The van der Waals surface area contributed by atoms with Gasteiger partial charge >= 0.3 is 0 Å². The number of rotatable bonds is 3. The summed E-state index contributed by atoms with van der Waals surface area (Å²) >= 11 is 0. The zero-order valence-electron chi connectivity index (χ0n) is 14.4. The third-order valence-electron chi connectivity index (χ3n) is 4.25. The number of hydrogen-bond acceptors (Lipinski definition) is 4. The standard InChI is InChI=1S/C21H18N2O3/c1-14-4-2-3-5-17(14)18-8-6-15(13-22-18)21(24)23-16-7-9-19-20(12-16)26-11-10-25-19/h2-9,12-13H,10-11H2,1H3,(H,23,24). The van der Waals surface area contributed by atoms with Crippen LogP contribution >= 0.6 is 0 Å². The lowest BCUT2D eigenvalue weighted by Gasteiger charge is -2.19. The van der Waals surface area contributed by atoms with Crippen molar-refractivity contribution >= 4 is 11.6 Å². The highest BCUT2D eigenvalue weighted by molar-refractivity contribution is 6.04. The molecule has 0 saturated heterocycles. The van der Waals surface area contributed by atoms with E-state index in [0.717, 1.165) is 16.8 Å². The molecule has 0 aliphatic carbocycles. The molecule has 3 aromatic rings. The maximum atomic E-state index is 12.5. The largest absolute Gasteiger partial charge is 0.486 e. The average molecular weight is 346 g/mol. The van der Waals surface area contributed by atoms with Crippen LogP contribution in [0.4, 0.5) is 5.69 Å². The van der Waals surface area contributed by atoms with Gasteiger partial charge in [0.2, 0.25) is 0 Å². The first-order valence-corrected chi connectivity index (χ1v) is 8.44. The first-order valence-electron chi connectivity index (χ1n) is 8.44. The van der Waals surface area contributed by atoms with Crippen molar-refractivity contribution in [3.8, 4) is 22.8 Å². The fraction of sp³-hybridized carbons (Fsp3) is 0.143. The summed E-state index contributed by atoms with van der Waals surface area (Å²) in [5.74, 6) is 1.12. The Hall–Kier alpha value is -3.34. The van der Waals surface area contributed by atoms with E-state index in [9.17, 15) is 4.79 Å². The second-order valence-electron chi connectivity index (χ2n) is 6.06. The molecule has 0 radical (unpaired) electrons. The third kappa shape index (κ3) is 3.24. The molecule has 1 aliphatic rings. The van der Waals surface area contributed by atoms with Gasteiger partial charge in [-0.3, -0.25) is 9.78 Å². The van der Waals surface area contributed by atoms with Crippen LogP contribution in [0.15, 0.2) is 60.8 Å². The Bertz CT molecular complexity index is 952. The molecular weight excluding hydrogens is 328 g/mol. The molecule has 0 unspecified atom stereocenters. The molecule has 1 N–H and O–H groups in total. The molecule has 2 heterocycles. The summed E-state index contributed by atoms with van der Waals surface area (Å²) in [5, 5.41) is 2.86. The lowest BCUT2D eigenvalue weighted by molar-refractivity contribution is 0.102. The molecule has 1 aliphatic heterocycles. The highest BCUT2D eigenvalue weighted by Gasteiger charge is 2.14. The molecular formula is C21H18N2O3. The van der Waals surface area contributed by atoms with Gasteiger partial charge in [0.25, 0.3) is 5.91 Å². The highest BCUT2D eigenvalue weighted by atomic mass is 16.6. The van der Waals surface area contributed by atoms with Crippen molar-refractivity contribution in [2.75, 3.05) is 18.5 Å². The number of pyridine rings is 1. The Labute approximate surface area is 151 Å². The molecule has 5 heteroatoms. The summed E-state index contributed by atoms with van der Waals surface area (Å²) in [7, 11) is 0. The minimum absolute atomic E-state index is 0.217. The molecule has 0 fully saturated rings. The van der Waals surface area contributed by atoms with Gasteiger partial charge in [-0.1, -0.05) is 24.3 Å². The van der Waals surface area contributed by atoms with Crippen molar-refractivity contribution in [1.82, 2.24) is 4.98 Å². The van der Waals surface area contributed by atoms with Crippen molar-refractivity contribution in [2.45, 2.75) is 6.92 Å². The number of fused-ring (bicyclic) bond motifs is 1. The molecule has 0 bridgehead atoms. The zero-order chi connectivity index (χ0) is 17.9. The van der Waals surface area contributed by atoms with Gasteiger partial charge in [0.15, 0.2) is 11.5 Å². The topological polar surface area (TPSA) is 60.5 Å². The predicted molar refractivity (Wildman–Crippen MR) is 99.8 cm³/mol. The number of nitrogens with zero attached hydrogens (tertiary/aromatic N) is 1. The van der Waals surface area contributed by atoms with E-state index in [0.29, 0.717) is 36.0 Å². The quantitative estimate of drug-likeness (QED) is 0.776.